The molecule has 0 N–H and O–H groups in total. The second-order valence-corrected chi connectivity index (χ2v) is 4.57. The molecular weight excluding hydrogens is 168 g/mol. The molecule has 0 bridgehead atoms. The minimum Gasteiger partial charge on any atom is -0.255 e. The van der Waals surface area contributed by atoms with E-state index in [2.05, 4.69) is 41.8 Å². The fourth-order valence-corrected chi connectivity index (χ4v) is 2.02. The number of aryl methyl sites for hydroxylation is 1. The zero-order valence-electron chi connectivity index (χ0n) is 7.53. The van der Waals surface area contributed by atoms with Gasteiger partial charge in [-0.2, -0.15) is 0 Å². The van der Waals surface area contributed by atoms with E-state index in [1.54, 1.807) is 11.5 Å². The smallest absolute Gasteiger partial charge is 0.147 e. The summed E-state index contributed by atoms with van der Waals surface area (Å²) in [5.74, 6) is 0.525. The highest BCUT2D eigenvalue weighted by molar-refractivity contribution is 7.06. The zero-order valence-corrected chi connectivity index (χ0v) is 8.35. The van der Waals surface area contributed by atoms with Crippen molar-refractivity contribution in [1.29, 1.82) is 0 Å². The second-order valence-electron chi connectivity index (χ2n) is 3.35. The predicted molar refractivity (Wildman–Crippen MR) is 51.9 cm³/mol. The Labute approximate surface area is 76.0 Å². The Morgan fingerprint density at radius 3 is 2.83 bits per heavy atom. The van der Waals surface area contributed by atoms with Gasteiger partial charge in [0.25, 0.3) is 0 Å². The summed E-state index contributed by atoms with van der Waals surface area (Å²) in [6, 6.07) is 2.12. The van der Waals surface area contributed by atoms with Crippen molar-refractivity contribution in [2.45, 2.75) is 26.7 Å². The van der Waals surface area contributed by atoms with Crippen molar-refractivity contribution in [2.24, 2.45) is 0 Å². The Bertz CT molecular complexity index is 366. The Morgan fingerprint density at radius 2 is 2.25 bits per heavy atom. The number of rotatable bonds is 1. The molecule has 0 aliphatic rings. The molecule has 0 aliphatic heterocycles. The van der Waals surface area contributed by atoms with Crippen LogP contribution in [0.3, 0.4) is 0 Å². The van der Waals surface area contributed by atoms with Crippen molar-refractivity contribution in [3.63, 3.8) is 0 Å². The van der Waals surface area contributed by atoms with Crippen LogP contribution < -0.4 is 0 Å². The highest BCUT2D eigenvalue weighted by Crippen LogP contribution is 2.19. The SMILES string of the molecule is Cc1cc2nc(C(C)C)cn2s1. The third-order valence-corrected chi connectivity index (χ3v) is 2.78. The predicted octanol–water partition coefficient (Wildman–Crippen LogP) is 2.83. The maximum Gasteiger partial charge on any atom is 0.147 e. The van der Waals surface area contributed by atoms with Crippen LogP contribution in [0.25, 0.3) is 5.65 Å². The van der Waals surface area contributed by atoms with E-state index in [1.165, 1.54) is 10.6 Å². The van der Waals surface area contributed by atoms with E-state index < -0.39 is 0 Å². The summed E-state index contributed by atoms with van der Waals surface area (Å²) in [6.07, 6.45) is 2.12. The van der Waals surface area contributed by atoms with Gasteiger partial charge in [0.15, 0.2) is 0 Å². The summed E-state index contributed by atoms with van der Waals surface area (Å²) in [5.41, 5.74) is 2.27. The molecule has 12 heavy (non-hydrogen) atoms. The van der Waals surface area contributed by atoms with E-state index in [4.69, 9.17) is 0 Å². The Hall–Kier alpha value is -0.830. The molecular formula is C9H12N2S. The molecule has 0 fully saturated rings. The first-order valence-corrected chi connectivity index (χ1v) is 4.90. The topological polar surface area (TPSA) is 17.3 Å². The Morgan fingerprint density at radius 1 is 1.50 bits per heavy atom. The van der Waals surface area contributed by atoms with Crippen molar-refractivity contribution in [1.82, 2.24) is 8.77 Å². The molecule has 0 aromatic carbocycles. The van der Waals surface area contributed by atoms with Crippen molar-refractivity contribution < 1.29 is 0 Å². The van der Waals surface area contributed by atoms with Crippen LogP contribution in [0.4, 0.5) is 0 Å². The van der Waals surface area contributed by atoms with Crippen LogP contribution in [0.15, 0.2) is 12.3 Å². The highest BCUT2D eigenvalue weighted by atomic mass is 32.1. The van der Waals surface area contributed by atoms with Crippen molar-refractivity contribution in [3.05, 3.63) is 22.8 Å². The van der Waals surface area contributed by atoms with Gasteiger partial charge in [0.1, 0.15) is 5.65 Å². The number of imidazole rings is 1. The van der Waals surface area contributed by atoms with Gasteiger partial charge in [0.05, 0.1) is 5.69 Å². The number of hydrogen-bond acceptors (Lipinski definition) is 2. The summed E-state index contributed by atoms with van der Waals surface area (Å²) in [4.78, 5) is 5.82. The van der Waals surface area contributed by atoms with Crippen LogP contribution in [0.2, 0.25) is 0 Å². The molecule has 2 nitrogen and oxygen atoms in total. The Balaban J connectivity index is 2.57. The van der Waals surface area contributed by atoms with Crippen LogP contribution in [-0.2, 0) is 0 Å². The minimum atomic E-state index is 0.525. The fourth-order valence-electron chi connectivity index (χ4n) is 1.21. The van der Waals surface area contributed by atoms with Gasteiger partial charge in [-0.25, -0.2) is 4.98 Å². The molecule has 0 amide bonds. The first-order valence-electron chi connectivity index (χ1n) is 4.13. The van der Waals surface area contributed by atoms with Crippen LogP contribution in [0.5, 0.6) is 0 Å². The quantitative estimate of drug-likeness (QED) is 0.659. The molecule has 0 saturated heterocycles. The van der Waals surface area contributed by atoms with Crippen LogP contribution in [0.1, 0.15) is 30.3 Å². The summed E-state index contributed by atoms with van der Waals surface area (Å²) in [7, 11) is 0. The molecule has 2 aromatic heterocycles. The first kappa shape index (κ1) is 7.80. The van der Waals surface area contributed by atoms with Gasteiger partial charge in [-0.1, -0.05) is 25.4 Å². The molecule has 0 saturated carbocycles. The number of nitrogens with zero attached hydrogens (tertiary/aromatic N) is 2. The Kier molecular flexibility index (Phi) is 1.68. The number of hydrogen-bond donors (Lipinski definition) is 0. The van der Waals surface area contributed by atoms with Gasteiger partial charge in [-0.15, -0.1) is 0 Å². The van der Waals surface area contributed by atoms with Gasteiger partial charge in [0.2, 0.25) is 0 Å². The van der Waals surface area contributed by atoms with Crippen molar-refractivity contribution in [2.75, 3.05) is 0 Å². The van der Waals surface area contributed by atoms with E-state index in [0.717, 1.165) is 5.65 Å². The molecule has 0 radical (unpaired) electrons. The van der Waals surface area contributed by atoms with E-state index in [9.17, 15) is 0 Å². The molecule has 2 aromatic rings. The maximum absolute atomic E-state index is 4.51. The average Bonchev–Trinajstić information content (AvgIpc) is 2.42. The van der Waals surface area contributed by atoms with E-state index in [1.807, 2.05) is 0 Å². The summed E-state index contributed by atoms with van der Waals surface area (Å²) in [6.45, 7) is 6.44. The summed E-state index contributed by atoms with van der Waals surface area (Å²) >= 11 is 1.74. The van der Waals surface area contributed by atoms with Crippen LogP contribution in [-0.4, -0.2) is 8.77 Å². The van der Waals surface area contributed by atoms with Gasteiger partial charge >= 0.3 is 0 Å². The molecule has 3 heteroatoms. The lowest BCUT2D eigenvalue weighted by Crippen LogP contribution is -1.84. The fraction of sp³-hybridized carbons (Fsp3) is 0.444. The third kappa shape index (κ3) is 1.14. The van der Waals surface area contributed by atoms with Gasteiger partial charge < -0.3 is 0 Å². The number of aromatic nitrogens is 2. The van der Waals surface area contributed by atoms with Gasteiger partial charge in [-0.05, 0) is 18.9 Å². The second kappa shape index (κ2) is 2.59. The maximum atomic E-state index is 4.51. The van der Waals surface area contributed by atoms with Gasteiger partial charge in [-0.3, -0.25) is 3.79 Å². The van der Waals surface area contributed by atoms with Crippen LogP contribution in [0, 0.1) is 6.92 Å². The monoisotopic (exact) mass is 180 g/mol. The standard InChI is InChI=1S/C9H12N2S/c1-6(2)8-5-11-9(10-8)4-7(3)12-11/h4-6H,1-3H3. The number of fused-ring (bicyclic) bond motifs is 1. The lowest BCUT2D eigenvalue weighted by atomic mass is 10.2. The summed E-state index contributed by atoms with van der Waals surface area (Å²) in [5, 5.41) is 0. The van der Waals surface area contributed by atoms with Gasteiger partial charge in [0, 0.05) is 11.1 Å². The zero-order chi connectivity index (χ0) is 8.72. The largest absolute Gasteiger partial charge is 0.255 e. The highest BCUT2D eigenvalue weighted by Gasteiger charge is 2.06. The van der Waals surface area contributed by atoms with Crippen LogP contribution >= 0.6 is 11.5 Å². The average molecular weight is 180 g/mol. The molecule has 2 rings (SSSR count). The first-order chi connectivity index (χ1) is 5.66. The normalized spacial score (nSPS) is 11.7. The molecule has 0 unspecified atom stereocenters. The molecule has 0 atom stereocenters. The molecule has 0 spiro atoms. The third-order valence-electron chi connectivity index (χ3n) is 1.89. The molecule has 0 aliphatic carbocycles. The van der Waals surface area contributed by atoms with E-state index in [0.29, 0.717) is 5.92 Å². The minimum absolute atomic E-state index is 0.525. The lowest BCUT2D eigenvalue weighted by molar-refractivity contribution is 0.834. The molecule has 64 valence electrons. The van der Waals surface area contributed by atoms with Crippen molar-refractivity contribution >= 4 is 17.2 Å². The van der Waals surface area contributed by atoms with E-state index in [-0.39, 0.29) is 0 Å². The summed E-state index contributed by atoms with van der Waals surface area (Å²) < 4.78 is 2.13. The molecule has 2 heterocycles. The van der Waals surface area contributed by atoms with E-state index >= 15 is 0 Å². The van der Waals surface area contributed by atoms with Crippen molar-refractivity contribution in [3.8, 4) is 0 Å². The lowest BCUT2D eigenvalue weighted by Gasteiger charge is -1.95.